The fourth-order valence-electron chi connectivity index (χ4n) is 2.64. The Kier molecular flexibility index (Phi) is 3.89. The number of fused-ring (bicyclic) bond motifs is 1. The highest BCUT2D eigenvalue weighted by molar-refractivity contribution is 7.15. The SMILES string of the molecule is CCNCC1CCCc2sc(-c3ccncc3)nc21. The number of pyridine rings is 1. The zero-order chi connectivity index (χ0) is 13.1. The first kappa shape index (κ1) is 12.8. The average Bonchev–Trinajstić information content (AvgIpc) is 2.90. The number of thiazole rings is 1. The molecule has 2 aromatic rings. The number of rotatable bonds is 4. The van der Waals surface area contributed by atoms with Crippen LogP contribution in [0.2, 0.25) is 0 Å². The van der Waals surface area contributed by atoms with E-state index in [9.17, 15) is 0 Å². The Morgan fingerprint density at radius 2 is 2.21 bits per heavy atom. The van der Waals surface area contributed by atoms with Crippen molar-refractivity contribution in [2.45, 2.75) is 32.1 Å². The minimum Gasteiger partial charge on any atom is -0.316 e. The summed E-state index contributed by atoms with van der Waals surface area (Å²) in [5.41, 5.74) is 2.53. The maximum atomic E-state index is 4.91. The highest BCUT2D eigenvalue weighted by Crippen LogP contribution is 2.37. The molecule has 0 aromatic carbocycles. The summed E-state index contributed by atoms with van der Waals surface area (Å²) < 4.78 is 0. The van der Waals surface area contributed by atoms with Gasteiger partial charge in [0.15, 0.2) is 0 Å². The van der Waals surface area contributed by atoms with Crippen molar-refractivity contribution in [1.82, 2.24) is 15.3 Å². The van der Waals surface area contributed by atoms with Crippen LogP contribution in [-0.2, 0) is 6.42 Å². The molecular weight excluding hydrogens is 254 g/mol. The summed E-state index contributed by atoms with van der Waals surface area (Å²) in [7, 11) is 0. The molecule has 1 atom stereocenters. The number of likely N-dealkylation sites (N-methyl/N-ethyl adjacent to an activating group) is 1. The molecule has 0 spiro atoms. The average molecular weight is 273 g/mol. The van der Waals surface area contributed by atoms with Gasteiger partial charge in [-0.3, -0.25) is 4.98 Å². The molecular formula is C15H19N3S. The lowest BCUT2D eigenvalue weighted by atomic mass is 9.91. The number of hydrogen-bond acceptors (Lipinski definition) is 4. The van der Waals surface area contributed by atoms with Gasteiger partial charge in [-0.25, -0.2) is 4.98 Å². The number of nitrogens with zero attached hydrogens (tertiary/aromatic N) is 2. The topological polar surface area (TPSA) is 37.8 Å². The molecule has 0 bridgehead atoms. The third-order valence-corrected chi connectivity index (χ3v) is 4.82. The predicted octanol–water partition coefficient (Wildman–Crippen LogP) is 3.23. The molecule has 0 fully saturated rings. The molecule has 0 aliphatic heterocycles. The molecule has 100 valence electrons. The lowest BCUT2D eigenvalue weighted by Gasteiger charge is -2.21. The van der Waals surface area contributed by atoms with Crippen molar-refractivity contribution in [2.75, 3.05) is 13.1 Å². The number of aromatic nitrogens is 2. The quantitative estimate of drug-likeness (QED) is 0.929. The van der Waals surface area contributed by atoms with E-state index in [0.717, 1.165) is 18.1 Å². The molecule has 3 rings (SSSR count). The molecule has 0 saturated carbocycles. The van der Waals surface area contributed by atoms with Gasteiger partial charge in [0.2, 0.25) is 0 Å². The van der Waals surface area contributed by atoms with Crippen molar-refractivity contribution < 1.29 is 0 Å². The lowest BCUT2D eigenvalue weighted by Crippen LogP contribution is -2.23. The summed E-state index contributed by atoms with van der Waals surface area (Å²) in [5, 5.41) is 4.61. The van der Waals surface area contributed by atoms with E-state index in [2.05, 4.69) is 17.2 Å². The van der Waals surface area contributed by atoms with Crippen molar-refractivity contribution in [1.29, 1.82) is 0 Å². The van der Waals surface area contributed by atoms with Gasteiger partial charge in [0.05, 0.1) is 5.69 Å². The van der Waals surface area contributed by atoms with Crippen molar-refractivity contribution in [3.05, 3.63) is 35.1 Å². The van der Waals surface area contributed by atoms with E-state index in [1.54, 1.807) is 0 Å². The van der Waals surface area contributed by atoms with Crippen molar-refractivity contribution in [3.8, 4) is 10.6 Å². The van der Waals surface area contributed by atoms with Crippen LogP contribution in [0.5, 0.6) is 0 Å². The Hall–Kier alpha value is -1.26. The summed E-state index contributed by atoms with van der Waals surface area (Å²) >= 11 is 1.86. The first-order chi connectivity index (χ1) is 9.38. The summed E-state index contributed by atoms with van der Waals surface area (Å²) in [6, 6.07) is 4.09. The second kappa shape index (κ2) is 5.80. The highest BCUT2D eigenvalue weighted by atomic mass is 32.1. The van der Waals surface area contributed by atoms with Gasteiger partial charge >= 0.3 is 0 Å². The maximum Gasteiger partial charge on any atom is 0.123 e. The van der Waals surface area contributed by atoms with E-state index in [1.165, 1.54) is 35.4 Å². The molecule has 0 saturated heterocycles. The standard InChI is InChI=1S/C15H19N3S/c1-2-16-10-12-4-3-5-13-14(12)18-15(19-13)11-6-8-17-9-7-11/h6-9,12,16H,2-5,10H2,1H3. The van der Waals surface area contributed by atoms with E-state index in [0.29, 0.717) is 5.92 Å². The molecule has 1 aliphatic carbocycles. The Bertz CT molecular complexity index is 536. The van der Waals surface area contributed by atoms with E-state index in [1.807, 2.05) is 35.9 Å². The summed E-state index contributed by atoms with van der Waals surface area (Å²) in [6.07, 6.45) is 7.43. The van der Waals surface area contributed by atoms with Crippen molar-refractivity contribution >= 4 is 11.3 Å². The second-order valence-corrected chi connectivity index (χ2v) is 6.04. The van der Waals surface area contributed by atoms with E-state index in [-0.39, 0.29) is 0 Å². The van der Waals surface area contributed by atoms with E-state index < -0.39 is 0 Å². The Morgan fingerprint density at radius 1 is 1.37 bits per heavy atom. The number of aryl methyl sites for hydroxylation is 1. The van der Waals surface area contributed by atoms with Crippen LogP contribution >= 0.6 is 11.3 Å². The third-order valence-electron chi connectivity index (χ3n) is 3.64. The smallest absolute Gasteiger partial charge is 0.123 e. The Morgan fingerprint density at radius 3 is 3.00 bits per heavy atom. The first-order valence-electron chi connectivity index (χ1n) is 6.99. The zero-order valence-corrected chi connectivity index (χ0v) is 12.0. The molecule has 1 aliphatic rings. The molecule has 1 unspecified atom stereocenters. The van der Waals surface area contributed by atoms with E-state index in [4.69, 9.17) is 4.98 Å². The van der Waals surface area contributed by atoms with Gasteiger partial charge in [-0.2, -0.15) is 0 Å². The monoisotopic (exact) mass is 273 g/mol. The minimum absolute atomic E-state index is 0.593. The predicted molar refractivity (Wildman–Crippen MR) is 79.6 cm³/mol. The second-order valence-electron chi connectivity index (χ2n) is 4.96. The molecule has 19 heavy (non-hydrogen) atoms. The van der Waals surface area contributed by atoms with Gasteiger partial charge in [0.25, 0.3) is 0 Å². The minimum atomic E-state index is 0.593. The molecule has 1 N–H and O–H groups in total. The van der Waals surface area contributed by atoms with Crippen LogP contribution in [0.25, 0.3) is 10.6 Å². The van der Waals surface area contributed by atoms with Crippen LogP contribution in [0.1, 0.15) is 36.3 Å². The summed E-state index contributed by atoms with van der Waals surface area (Å²) in [5.74, 6) is 0.593. The fourth-order valence-corrected chi connectivity index (χ4v) is 3.84. The lowest BCUT2D eigenvalue weighted by molar-refractivity contribution is 0.509. The first-order valence-corrected chi connectivity index (χ1v) is 7.81. The van der Waals surface area contributed by atoms with Gasteiger partial charge in [0, 0.05) is 35.3 Å². The maximum absolute atomic E-state index is 4.91. The van der Waals surface area contributed by atoms with Crippen LogP contribution in [0.3, 0.4) is 0 Å². The molecule has 4 heteroatoms. The highest BCUT2D eigenvalue weighted by Gasteiger charge is 2.24. The van der Waals surface area contributed by atoms with Gasteiger partial charge in [0.1, 0.15) is 5.01 Å². The number of hydrogen-bond donors (Lipinski definition) is 1. The summed E-state index contributed by atoms with van der Waals surface area (Å²) in [6.45, 7) is 4.25. The van der Waals surface area contributed by atoms with Gasteiger partial charge < -0.3 is 5.32 Å². The van der Waals surface area contributed by atoms with Crippen LogP contribution in [-0.4, -0.2) is 23.1 Å². The molecule has 3 nitrogen and oxygen atoms in total. The van der Waals surface area contributed by atoms with Gasteiger partial charge in [-0.15, -0.1) is 11.3 Å². The fraction of sp³-hybridized carbons (Fsp3) is 0.467. The van der Waals surface area contributed by atoms with Gasteiger partial charge in [-0.05, 0) is 37.9 Å². The zero-order valence-electron chi connectivity index (χ0n) is 11.2. The van der Waals surface area contributed by atoms with Crippen molar-refractivity contribution in [2.24, 2.45) is 0 Å². The molecule has 0 amide bonds. The van der Waals surface area contributed by atoms with Crippen LogP contribution < -0.4 is 5.32 Å². The summed E-state index contributed by atoms with van der Waals surface area (Å²) in [4.78, 5) is 10.5. The van der Waals surface area contributed by atoms with Crippen LogP contribution in [0.15, 0.2) is 24.5 Å². The Labute approximate surface area is 118 Å². The van der Waals surface area contributed by atoms with Crippen LogP contribution in [0.4, 0.5) is 0 Å². The number of nitrogens with one attached hydrogen (secondary N) is 1. The van der Waals surface area contributed by atoms with Crippen molar-refractivity contribution in [3.63, 3.8) is 0 Å². The molecule has 0 radical (unpaired) electrons. The molecule has 2 heterocycles. The third kappa shape index (κ3) is 2.69. The normalized spacial score (nSPS) is 18.3. The van der Waals surface area contributed by atoms with Gasteiger partial charge in [-0.1, -0.05) is 6.92 Å². The van der Waals surface area contributed by atoms with E-state index >= 15 is 0 Å². The van der Waals surface area contributed by atoms with Crippen LogP contribution in [0, 0.1) is 0 Å². The Balaban J connectivity index is 1.89. The molecule has 2 aromatic heterocycles. The largest absolute Gasteiger partial charge is 0.316 e.